The topological polar surface area (TPSA) is 127 Å². The van der Waals surface area contributed by atoms with Gasteiger partial charge in [0.2, 0.25) is 0 Å². The fourth-order valence-corrected chi connectivity index (χ4v) is 1.65. The molecule has 0 saturated carbocycles. The lowest BCUT2D eigenvalue weighted by Gasteiger charge is -2.05. The van der Waals surface area contributed by atoms with Crippen molar-refractivity contribution in [3.8, 4) is 0 Å². The summed E-state index contributed by atoms with van der Waals surface area (Å²) in [6.45, 7) is -0.0162. The molecule has 0 unspecified atom stereocenters. The van der Waals surface area contributed by atoms with Crippen molar-refractivity contribution in [2.45, 2.75) is 6.54 Å². The number of halogens is 1. The van der Waals surface area contributed by atoms with E-state index in [4.69, 9.17) is 11.6 Å². The molecular weight excluding hydrogens is 276 g/mol. The first-order valence-electron chi connectivity index (χ1n) is 5.03. The fraction of sp³-hybridized carbons (Fsp3) is 0.111. The van der Waals surface area contributed by atoms with E-state index in [1.165, 1.54) is 18.2 Å². The number of carbonyl (C=O) groups is 1. The molecule has 2 rings (SSSR count). The zero-order valence-electron chi connectivity index (χ0n) is 9.33. The molecule has 2 N–H and O–H groups in total. The third kappa shape index (κ3) is 2.83. The van der Waals surface area contributed by atoms with Gasteiger partial charge in [0, 0.05) is 6.07 Å². The van der Waals surface area contributed by atoms with Gasteiger partial charge in [-0.3, -0.25) is 14.9 Å². The number of nitro benzene ring substituents is 1. The molecular formula is C9H7ClN6O3. The SMILES string of the molecule is O=C(NCc1nn[nH]n1)c1c(Cl)cccc1[N+](=O)[O-]. The van der Waals surface area contributed by atoms with Gasteiger partial charge in [0.05, 0.1) is 16.5 Å². The number of tetrazole rings is 1. The first-order valence-corrected chi connectivity index (χ1v) is 5.41. The Morgan fingerprint density at radius 1 is 1.53 bits per heavy atom. The lowest BCUT2D eigenvalue weighted by molar-refractivity contribution is -0.385. The number of H-pyrrole nitrogens is 1. The van der Waals surface area contributed by atoms with E-state index < -0.39 is 10.8 Å². The molecule has 0 spiro atoms. The number of aromatic amines is 1. The Bertz CT molecular complexity index is 614. The summed E-state index contributed by atoms with van der Waals surface area (Å²) in [5, 5.41) is 26.1. The molecule has 98 valence electrons. The van der Waals surface area contributed by atoms with Gasteiger partial charge < -0.3 is 5.32 Å². The molecule has 0 atom stereocenters. The summed E-state index contributed by atoms with van der Waals surface area (Å²) in [4.78, 5) is 22.1. The number of nitrogens with zero attached hydrogens (tertiary/aromatic N) is 4. The summed E-state index contributed by atoms with van der Waals surface area (Å²) in [5.74, 6) is -0.426. The predicted molar refractivity (Wildman–Crippen MR) is 63.5 cm³/mol. The van der Waals surface area contributed by atoms with Crippen LogP contribution < -0.4 is 5.32 Å². The third-order valence-corrected chi connectivity index (χ3v) is 2.53. The molecule has 19 heavy (non-hydrogen) atoms. The molecule has 2 aromatic rings. The maximum atomic E-state index is 11.9. The molecule has 10 heteroatoms. The van der Waals surface area contributed by atoms with Crippen LogP contribution in [0.25, 0.3) is 0 Å². The Morgan fingerprint density at radius 2 is 2.32 bits per heavy atom. The summed E-state index contributed by atoms with van der Waals surface area (Å²) in [7, 11) is 0. The van der Waals surface area contributed by atoms with Crippen molar-refractivity contribution in [3.63, 3.8) is 0 Å². The largest absolute Gasteiger partial charge is 0.344 e. The second-order valence-electron chi connectivity index (χ2n) is 3.40. The molecule has 0 aliphatic carbocycles. The Morgan fingerprint density at radius 3 is 2.95 bits per heavy atom. The Labute approximate surface area is 111 Å². The average Bonchev–Trinajstić information content (AvgIpc) is 2.88. The molecule has 0 aliphatic rings. The predicted octanol–water partition coefficient (Wildman–Crippen LogP) is 0.691. The van der Waals surface area contributed by atoms with Crippen molar-refractivity contribution in [1.29, 1.82) is 0 Å². The van der Waals surface area contributed by atoms with E-state index in [0.29, 0.717) is 0 Å². The second-order valence-corrected chi connectivity index (χ2v) is 3.81. The van der Waals surface area contributed by atoms with Gasteiger partial charge in [-0.2, -0.15) is 5.21 Å². The van der Waals surface area contributed by atoms with Gasteiger partial charge >= 0.3 is 0 Å². The molecule has 1 heterocycles. The maximum absolute atomic E-state index is 11.9. The lowest BCUT2D eigenvalue weighted by atomic mass is 10.1. The van der Waals surface area contributed by atoms with Crippen LogP contribution in [0.4, 0.5) is 5.69 Å². The molecule has 0 bridgehead atoms. The number of amides is 1. The van der Waals surface area contributed by atoms with Crippen LogP contribution in [0.3, 0.4) is 0 Å². The highest BCUT2D eigenvalue weighted by Crippen LogP contribution is 2.25. The van der Waals surface area contributed by atoms with Gasteiger partial charge in [-0.15, -0.1) is 10.2 Å². The van der Waals surface area contributed by atoms with Gasteiger partial charge in [0.1, 0.15) is 5.56 Å². The van der Waals surface area contributed by atoms with Gasteiger partial charge in [-0.1, -0.05) is 22.9 Å². The van der Waals surface area contributed by atoms with Gasteiger partial charge in [0.25, 0.3) is 11.6 Å². The smallest absolute Gasteiger partial charge is 0.283 e. The van der Waals surface area contributed by atoms with E-state index in [9.17, 15) is 14.9 Å². The summed E-state index contributed by atoms with van der Waals surface area (Å²) in [5.41, 5.74) is -0.559. The van der Waals surface area contributed by atoms with Crippen molar-refractivity contribution in [2.24, 2.45) is 0 Å². The Kier molecular flexibility index (Phi) is 3.66. The highest BCUT2D eigenvalue weighted by molar-refractivity contribution is 6.34. The van der Waals surface area contributed by atoms with Crippen molar-refractivity contribution in [2.75, 3.05) is 0 Å². The van der Waals surface area contributed by atoms with Gasteiger partial charge in [-0.05, 0) is 6.07 Å². The average molecular weight is 283 g/mol. The number of carbonyl (C=O) groups excluding carboxylic acids is 1. The highest BCUT2D eigenvalue weighted by Gasteiger charge is 2.23. The van der Waals surface area contributed by atoms with Gasteiger partial charge in [0.15, 0.2) is 5.82 Å². The zero-order chi connectivity index (χ0) is 13.8. The number of rotatable bonds is 4. The number of hydrogen-bond acceptors (Lipinski definition) is 6. The van der Waals surface area contributed by atoms with Crippen molar-refractivity contribution >= 4 is 23.2 Å². The second kappa shape index (κ2) is 5.40. The quantitative estimate of drug-likeness (QED) is 0.627. The number of nitrogens with one attached hydrogen (secondary N) is 2. The van der Waals surface area contributed by atoms with Crippen molar-refractivity contribution < 1.29 is 9.72 Å². The summed E-state index contributed by atoms with van der Waals surface area (Å²) < 4.78 is 0. The van der Waals surface area contributed by atoms with Crippen molar-refractivity contribution in [3.05, 3.63) is 44.7 Å². The van der Waals surface area contributed by atoms with Crippen LogP contribution >= 0.6 is 11.6 Å². The molecule has 0 aliphatic heterocycles. The van der Waals surface area contributed by atoms with E-state index in [2.05, 4.69) is 25.9 Å². The Hall–Kier alpha value is -2.55. The zero-order valence-corrected chi connectivity index (χ0v) is 10.1. The van der Waals surface area contributed by atoms with E-state index >= 15 is 0 Å². The number of hydrogen-bond donors (Lipinski definition) is 2. The fourth-order valence-electron chi connectivity index (χ4n) is 1.39. The number of aromatic nitrogens is 4. The normalized spacial score (nSPS) is 10.2. The summed E-state index contributed by atoms with van der Waals surface area (Å²) in [6, 6.07) is 4.00. The van der Waals surface area contributed by atoms with Crippen LogP contribution in [0.5, 0.6) is 0 Å². The van der Waals surface area contributed by atoms with E-state index in [0.717, 1.165) is 0 Å². The number of nitro groups is 1. The third-order valence-electron chi connectivity index (χ3n) is 2.21. The van der Waals surface area contributed by atoms with Crippen LogP contribution in [-0.4, -0.2) is 31.5 Å². The molecule has 9 nitrogen and oxygen atoms in total. The standard InChI is InChI=1S/C9H7ClN6O3/c10-5-2-1-3-6(16(18)19)8(5)9(17)11-4-7-12-14-15-13-7/h1-3H,4H2,(H,11,17)(H,12,13,14,15). The molecule has 1 amide bonds. The molecule has 0 saturated heterocycles. The van der Waals surface area contributed by atoms with Crippen LogP contribution in [0.15, 0.2) is 18.2 Å². The first kappa shape index (κ1) is 12.9. The molecule has 1 aromatic heterocycles. The first-order chi connectivity index (χ1) is 9.09. The van der Waals surface area contributed by atoms with Crippen molar-refractivity contribution in [1.82, 2.24) is 25.9 Å². The lowest BCUT2D eigenvalue weighted by Crippen LogP contribution is -2.24. The minimum atomic E-state index is -0.679. The minimum absolute atomic E-state index is 0.000174. The minimum Gasteiger partial charge on any atom is -0.344 e. The summed E-state index contributed by atoms with van der Waals surface area (Å²) >= 11 is 5.81. The maximum Gasteiger partial charge on any atom is 0.283 e. The summed E-state index contributed by atoms with van der Waals surface area (Å²) in [6.07, 6.45) is 0. The van der Waals surface area contributed by atoms with Crippen LogP contribution in [0.2, 0.25) is 5.02 Å². The van der Waals surface area contributed by atoms with E-state index in [-0.39, 0.29) is 28.6 Å². The van der Waals surface area contributed by atoms with Crippen LogP contribution in [0, 0.1) is 10.1 Å². The molecule has 0 radical (unpaired) electrons. The van der Waals surface area contributed by atoms with Gasteiger partial charge in [-0.25, -0.2) is 0 Å². The van der Waals surface area contributed by atoms with Crippen LogP contribution in [0.1, 0.15) is 16.2 Å². The Balaban J connectivity index is 2.21. The number of benzene rings is 1. The van der Waals surface area contributed by atoms with E-state index in [1.807, 2.05) is 0 Å². The van der Waals surface area contributed by atoms with Crippen LogP contribution in [-0.2, 0) is 6.54 Å². The molecule has 1 aromatic carbocycles. The highest BCUT2D eigenvalue weighted by atomic mass is 35.5. The molecule has 0 fully saturated rings. The van der Waals surface area contributed by atoms with E-state index in [1.54, 1.807) is 0 Å². The monoisotopic (exact) mass is 282 g/mol.